The van der Waals surface area contributed by atoms with Crippen molar-refractivity contribution in [2.75, 3.05) is 0 Å². The van der Waals surface area contributed by atoms with E-state index in [4.69, 9.17) is 5.14 Å². The first-order valence-corrected chi connectivity index (χ1v) is 7.58. The van der Waals surface area contributed by atoms with Crippen molar-refractivity contribution >= 4 is 31.3 Å². The van der Waals surface area contributed by atoms with Gasteiger partial charge in [-0.05, 0) is 24.6 Å². The van der Waals surface area contributed by atoms with Crippen molar-refractivity contribution in [3.63, 3.8) is 0 Å². The van der Waals surface area contributed by atoms with Crippen LogP contribution in [0, 0.1) is 0 Å². The molecule has 2 aliphatic heterocycles. The van der Waals surface area contributed by atoms with Gasteiger partial charge < -0.3 is 0 Å². The van der Waals surface area contributed by atoms with Crippen LogP contribution in [0.25, 0.3) is 0 Å². The summed E-state index contributed by atoms with van der Waals surface area (Å²) in [6.45, 7) is 0. The van der Waals surface area contributed by atoms with E-state index in [2.05, 4.69) is 10.1 Å². The van der Waals surface area contributed by atoms with E-state index in [1.54, 1.807) is 5.01 Å². The molecule has 1 aliphatic carbocycles. The Bertz CT molecular complexity index is 484. The lowest BCUT2D eigenvalue weighted by atomic mass is 9.91. The number of aliphatic imine (C=N–C) groups is 1. The normalized spacial score (nSPS) is 33.2. The van der Waals surface area contributed by atoms with Gasteiger partial charge in [0, 0.05) is 0 Å². The van der Waals surface area contributed by atoms with E-state index in [0.29, 0.717) is 11.2 Å². The fourth-order valence-corrected chi connectivity index (χ4v) is 3.99. The summed E-state index contributed by atoms with van der Waals surface area (Å²) in [5, 5.41) is 11.6. The number of hydrogen-bond donors (Lipinski definition) is 1. The lowest BCUT2D eigenvalue weighted by Gasteiger charge is -2.27. The molecule has 0 saturated heterocycles. The van der Waals surface area contributed by atoms with Gasteiger partial charge in [0.15, 0.2) is 5.17 Å². The second-order valence-electron chi connectivity index (χ2n) is 4.19. The minimum absolute atomic E-state index is 0.0322. The Hall–Kier alpha value is -0.600. The van der Waals surface area contributed by atoms with Crippen LogP contribution in [0.5, 0.6) is 0 Å². The van der Waals surface area contributed by atoms with Crippen LogP contribution in [0.3, 0.4) is 0 Å². The van der Waals surface area contributed by atoms with Crippen molar-refractivity contribution < 1.29 is 8.42 Å². The molecule has 0 radical (unpaired) electrons. The molecule has 0 amide bonds. The van der Waals surface area contributed by atoms with Gasteiger partial charge in [-0.25, -0.2) is 18.6 Å². The average Bonchev–Trinajstić information content (AvgIpc) is 2.72. The van der Waals surface area contributed by atoms with Gasteiger partial charge >= 0.3 is 0 Å². The van der Waals surface area contributed by atoms with Gasteiger partial charge in [-0.15, -0.1) is 5.10 Å². The molecule has 2 N–H and O–H groups in total. The molecule has 2 unspecified atom stereocenters. The summed E-state index contributed by atoms with van der Waals surface area (Å²) in [5.74, 6) is 0. The molecule has 0 aromatic rings. The molecule has 1 fully saturated rings. The number of primary sulfonamides is 1. The van der Waals surface area contributed by atoms with E-state index < -0.39 is 10.0 Å². The maximum Gasteiger partial charge on any atom is 0.264 e. The first kappa shape index (κ1) is 10.5. The third-order valence-corrected chi connectivity index (χ3v) is 5.34. The molecule has 0 aromatic carbocycles. The number of hydrazone groups is 1. The van der Waals surface area contributed by atoms with Gasteiger partial charge in [-0.2, -0.15) is 0 Å². The molecule has 88 valence electrons. The van der Waals surface area contributed by atoms with Crippen molar-refractivity contribution in [1.82, 2.24) is 5.01 Å². The highest BCUT2D eigenvalue weighted by Gasteiger charge is 2.43. The number of fused-ring (bicyclic) bond motifs is 3. The van der Waals surface area contributed by atoms with Crippen LogP contribution in [0.4, 0.5) is 0 Å². The van der Waals surface area contributed by atoms with E-state index >= 15 is 0 Å². The largest absolute Gasteiger partial charge is 0.264 e. The molecular formula is C8H12N4O2S2. The van der Waals surface area contributed by atoms with E-state index in [0.717, 1.165) is 31.0 Å². The number of thioether (sulfide) groups is 1. The second kappa shape index (κ2) is 3.44. The molecular weight excluding hydrogens is 248 g/mol. The summed E-state index contributed by atoms with van der Waals surface area (Å²) in [6, 6.07) is 0.539. The zero-order valence-corrected chi connectivity index (χ0v) is 10.2. The van der Waals surface area contributed by atoms with Gasteiger partial charge in [-0.1, -0.05) is 12.8 Å². The van der Waals surface area contributed by atoms with Crippen LogP contribution in [-0.4, -0.2) is 35.1 Å². The van der Waals surface area contributed by atoms with Crippen LogP contribution in [-0.2, 0) is 10.0 Å². The highest BCUT2D eigenvalue weighted by molar-refractivity contribution is 8.42. The van der Waals surface area contributed by atoms with Crippen LogP contribution < -0.4 is 5.14 Å². The van der Waals surface area contributed by atoms with E-state index in [-0.39, 0.29) is 10.4 Å². The summed E-state index contributed by atoms with van der Waals surface area (Å²) in [4.78, 5) is 4.51. The SMILES string of the molecule is NS(=O)(=O)C1=NN2C(=NC3CCCCC32)S1. The Morgan fingerprint density at radius 2 is 2.12 bits per heavy atom. The Morgan fingerprint density at radius 1 is 1.38 bits per heavy atom. The molecule has 0 bridgehead atoms. The predicted molar refractivity (Wildman–Crippen MR) is 63.5 cm³/mol. The highest BCUT2D eigenvalue weighted by Crippen LogP contribution is 2.38. The van der Waals surface area contributed by atoms with Crippen molar-refractivity contribution in [2.45, 2.75) is 37.8 Å². The van der Waals surface area contributed by atoms with Crippen LogP contribution in [0.1, 0.15) is 25.7 Å². The molecule has 2 heterocycles. The molecule has 3 aliphatic rings. The van der Waals surface area contributed by atoms with Crippen molar-refractivity contribution in [2.24, 2.45) is 15.2 Å². The van der Waals surface area contributed by atoms with E-state index in [9.17, 15) is 8.42 Å². The number of sulfonamides is 1. The Labute approximate surface area is 98.0 Å². The topological polar surface area (TPSA) is 88.1 Å². The van der Waals surface area contributed by atoms with E-state index in [1.165, 1.54) is 6.42 Å². The van der Waals surface area contributed by atoms with Crippen LogP contribution in [0.15, 0.2) is 10.1 Å². The monoisotopic (exact) mass is 260 g/mol. The van der Waals surface area contributed by atoms with Crippen LogP contribution >= 0.6 is 11.8 Å². The zero-order chi connectivity index (χ0) is 11.3. The first-order valence-electron chi connectivity index (χ1n) is 5.22. The smallest absolute Gasteiger partial charge is 0.255 e. The van der Waals surface area contributed by atoms with Gasteiger partial charge in [0.25, 0.3) is 10.0 Å². The number of rotatable bonds is 0. The molecule has 3 rings (SSSR count). The molecule has 8 heteroatoms. The minimum Gasteiger partial charge on any atom is -0.255 e. The summed E-state index contributed by atoms with van der Waals surface area (Å²) >= 11 is 1.07. The molecule has 1 saturated carbocycles. The lowest BCUT2D eigenvalue weighted by molar-refractivity contribution is 0.256. The molecule has 0 aromatic heterocycles. The van der Waals surface area contributed by atoms with Crippen molar-refractivity contribution in [3.05, 3.63) is 0 Å². The summed E-state index contributed by atoms with van der Waals surface area (Å²) < 4.78 is 22.3. The quantitative estimate of drug-likeness (QED) is 0.677. The number of nitrogens with zero attached hydrogens (tertiary/aromatic N) is 3. The Balaban J connectivity index is 1.90. The van der Waals surface area contributed by atoms with Gasteiger partial charge in [0.05, 0.1) is 12.1 Å². The Kier molecular flexibility index (Phi) is 2.27. The van der Waals surface area contributed by atoms with Gasteiger partial charge in [0.2, 0.25) is 4.38 Å². The fourth-order valence-electron chi connectivity index (χ4n) is 2.36. The van der Waals surface area contributed by atoms with Crippen LogP contribution in [0.2, 0.25) is 0 Å². The number of nitrogens with two attached hydrogens (primary N) is 1. The maximum atomic E-state index is 11.2. The third kappa shape index (κ3) is 1.56. The van der Waals surface area contributed by atoms with Crippen molar-refractivity contribution in [3.8, 4) is 0 Å². The maximum absolute atomic E-state index is 11.2. The standard InChI is InChI=1S/C8H12N4O2S2/c9-16(13,14)8-11-12-6-4-2-1-3-5(6)10-7(12)15-8/h5-6H,1-4H2,(H2,9,13,14). The third-order valence-electron chi connectivity index (χ3n) is 3.09. The second-order valence-corrected chi connectivity index (χ2v) is 6.88. The van der Waals surface area contributed by atoms with Gasteiger partial charge in [-0.3, -0.25) is 4.99 Å². The fraction of sp³-hybridized carbons (Fsp3) is 0.750. The minimum atomic E-state index is -3.69. The number of hydrogen-bond acceptors (Lipinski definition) is 6. The Morgan fingerprint density at radius 3 is 2.88 bits per heavy atom. The highest BCUT2D eigenvalue weighted by atomic mass is 32.3. The first-order chi connectivity index (χ1) is 7.55. The number of amidine groups is 1. The molecule has 16 heavy (non-hydrogen) atoms. The lowest BCUT2D eigenvalue weighted by Crippen LogP contribution is -2.36. The molecule has 6 nitrogen and oxygen atoms in total. The summed E-state index contributed by atoms with van der Waals surface area (Å²) in [5.41, 5.74) is 0. The predicted octanol–water partition coefficient (Wildman–Crippen LogP) is 0.276. The molecule has 0 spiro atoms. The molecule has 2 atom stereocenters. The average molecular weight is 260 g/mol. The summed E-state index contributed by atoms with van der Waals surface area (Å²) in [6.07, 6.45) is 4.46. The summed E-state index contributed by atoms with van der Waals surface area (Å²) in [7, 11) is -3.69. The van der Waals surface area contributed by atoms with Crippen molar-refractivity contribution in [1.29, 1.82) is 0 Å². The zero-order valence-electron chi connectivity index (χ0n) is 8.54. The van der Waals surface area contributed by atoms with Gasteiger partial charge in [0.1, 0.15) is 0 Å². The van der Waals surface area contributed by atoms with E-state index in [1.807, 2.05) is 0 Å².